The van der Waals surface area contributed by atoms with E-state index >= 15 is 0 Å². The van der Waals surface area contributed by atoms with Gasteiger partial charge in [-0.25, -0.2) is 9.97 Å². The SMILES string of the molecule is CCC(c1ccc(C#N)cc1)c1ccnc(Cl)n1. The van der Waals surface area contributed by atoms with E-state index in [2.05, 4.69) is 23.0 Å². The van der Waals surface area contributed by atoms with Crippen LogP contribution in [0, 0.1) is 11.3 Å². The molecule has 1 atom stereocenters. The number of hydrogen-bond donors (Lipinski definition) is 0. The number of hydrogen-bond acceptors (Lipinski definition) is 3. The van der Waals surface area contributed by atoms with Gasteiger partial charge in [0, 0.05) is 12.1 Å². The highest BCUT2D eigenvalue weighted by Crippen LogP contribution is 2.26. The Labute approximate surface area is 111 Å². The molecule has 4 heteroatoms. The van der Waals surface area contributed by atoms with Gasteiger partial charge in [0.05, 0.1) is 17.3 Å². The van der Waals surface area contributed by atoms with Gasteiger partial charge in [-0.2, -0.15) is 5.26 Å². The van der Waals surface area contributed by atoms with Crippen molar-refractivity contribution in [3.63, 3.8) is 0 Å². The summed E-state index contributed by atoms with van der Waals surface area (Å²) in [4.78, 5) is 8.14. The average Bonchev–Trinajstić information content (AvgIpc) is 2.40. The third-order valence-corrected chi connectivity index (χ3v) is 3.04. The quantitative estimate of drug-likeness (QED) is 0.790. The Kier molecular flexibility index (Phi) is 3.91. The lowest BCUT2D eigenvalue weighted by atomic mass is 9.92. The zero-order valence-corrected chi connectivity index (χ0v) is 10.7. The molecule has 0 fully saturated rings. The van der Waals surface area contributed by atoms with Crippen LogP contribution < -0.4 is 0 Å². The van der Waals surface area contributed by atoms with Crippen molar-refractivity contribution in [2.24, 2.45) is 0 Å². The minimum atomic E-state index is 0.179. The van der Waals surface area contributed by atoms with Crippen molar-refractivity contribution in [1.29, 1.82) is 5.26 Å². The number of halogens is 1. The molecule has 0 amide bonds. The topological polar surface area (TPSA) is 49.6 Å². The lowest BCUT2D eigenvalue weighted by Gasteiger charge is -2.14. The molecule has 2 aromatic rings. The predicted octanol–water partition coefficient (Wildman–Crippen LogP) is 3.54. The first-order valence-corrected chi connectivity index (χ1v) is 6.11. The summed E-state index contributed by atoms with van der Waals surface area (Å²) in [5.74, 6) is 0.179. The molecule has 1 heterocycles. The van der Waals surface area contributed by atoms with E-state index in [1.807, 2.05) is 30.3 Å². The van der Waals surface area contributed by atoms with Gasteiger partial charge in [-0.15, -0.1) is 0 Å². The summed E-state index contributed by atoms with van der Waals surface area (Å²) in [6.45, 7) is 2.10. The molecule has 1 aromatic carbocycles. The Morgan fingerprint density at radius 1 is 1.28 bits per heavy atom. The van der Waals surface area contributed by atoms with Crippen LogP contribution in [0.25, 0.3) is 0 Å². The molecule has 2 rings (SSSR count). The molecule has 0 saturated heterocycles. The predicted molar refractivity (Wildman–Crippen MR) is 70.3 cm³/mol. The standard InChI is InChI=1S/C14H12ClN3/c1-2-12(13-7-8-17-14(15)18-13)11-5-3-10(9-16)4-6-11/h3-8,12H,2H2,1H3. The normalized spacial score (nSPS) is 11.8. The van der Waals surface area contributed by atoms with Crippen LogP contribution in [0.3, 0.4) is 0 Å². The van der Waals surface area contributed by atoms with Crippen LogP contribution in [0.15, 0.2) is 36.5 Å². The van der Waals surface area contributed by atoms with Crippen molar-refractivity contribution in [2.75, 3.05) is 0 Å². The molecule has 18 heavy (non-hydrogen) atoms. The number of rotatable bonds is 3. The molecule has 0 saturated carbocycles. The maximum absolute atomic E-state index is 8.79. The third kappa shape index (κ3) is 2.66. The molecule has 1 unspecified atom stereocenters. The van der Waals surface area contributed by atoms with Gasteiger partial charge in [0.2, 0.25) is 5.28 Å². The first-order valence-electron chi connectivity index (χ1n) is 5.73. The van der Waals surface area contributed by atoms with Crippen LogP contribution in [0.5, 0.6) is 0 Å². The van der Waals surface area contributed by atoms with Crippen molar-refractivity contribution >= 4 is 11.6 Å². The molecule has 0 aliphatic heterocycles. The molecule has 0 N–H and O–H groups in total. The van der Waals surface area contributed by atoms with E-state index in [0.717, 1.165) is 17.7 Å². The van der Waals surface area contributed by atoms with Crippen molar-refractivity contribution in [3.05, 3.63) is 58.6 Å². The minimum absolute atomic E-state index is 0.179. The summed E-state index contributed by atoms with van der Waals surface area (Å²) >= 11 is 5.82. The molecule has 0 spiro atoms. The number of benzene rings is 1. The third-order valence-electron chi connectivity index (χ3n) is 2.86. The van der Waals surface area contributed by atoms with E-state index in [1.165, 1.54) is 0 Å². The van der Waals surface area contributed by atoms with Crippen molar-refractivity contribution < 1.29 is 0 Å². The molecular weight excluding hydrogens is 246 g/mol. The fourth-order valence-corrected chi connectivity index (χ4v) is 2.10. The van der Waals surface area contributed by atoms with Gasteiger partial charge in [-0.3, -0.25) is 0 Å². The maximum Gasteiger partial charge on any atom is 0.222 e. The van der Waals surface area contributed by atoms with E-state index in [9.17, 15) is 0 Å². The first-order chi connectivity index (χ1) is 8.74. The van der Waals surface area contributed by atoms with E-state index in [1.54, 1.807) is 6.20 Å². The smallest absolute Gasteiger partial charge is 0.222 e. The fraction of sp³-hybridized carbons (Fsp3) is 0.214. The summed E-state index contributed by atoms with van der Waals surface area (Å²) in [6.07, 6.45) is 2.58. The van der Waals surface area contributed by atoms with Crippen LogP contribution in [0.1, 0.15) is 36.1 Å². The first kappa shape index (κ1) is 12.5. The Morgan fingerprint density at radius 2 is 2.00 bits per heavy atom. The molecular formula is C14H12ClN3. The second-order valence-electron chi connectivity index (χ2n) is 3.95. The summed E-state index contributed by atoms with van der Waals surface area (Å²) in [7, 11) is 0. The molecule has 0 aliphatic rings. The number of nitriles is 1. The molecule has 90 valence electrons. The molecule has 1 aromatic heterocycles. The Balaban J connectivity index is 2.36. The Morgan fingerprint density at radius 3 is 2.56 bits per heavy atom. The molecule has 3 nitrogen and oxygen atoms in total. The van der Waals surface area contributed by atoms with E-state index < -0.39 is 0 Å². The highest BCUT2D eigenvalue weighted by atomic mass is 35.5. The Hall–Kier alpha value is -1.92. The van der Waals surface area contributed by atoms with Crippen LogP contribution >= 0.6 is 11.6 Å². The highest BCUT2D eigenvalue weighted by molar-refractivity contribution is 6.28. The van der Waals surface area contributed by atoms with Gasteiger partial charge in [-0.05, 0) is 41.8 Å². The van der Waals surface area contributed by atoms with Gasteiger partial charge < -0.3 is 0 Å². The zero-order chi connectivity index (χ0) is 13.0. The monoisotopic (exact) mass is 257 g/mol. The van der Waals surface area contributed by atoms with Crippen molar-refractivity contribution in [2.45, 2.75) is 19.3 Å². The van der Waals surface area contributed by atoms with Crippen molar-refractivity contribution in [1.82, 2.24) is 9.97 Å². The second kappa shape index (κ2) is 5.61. The van der Waals surface area contributed by atoms with E-state index in [4.69, 9.17) is 16.9 Å². The highest BCUT2D eigenvalue weighted by Gasteiger charge is 2.14. The van der Waals surface area contributed by atoms with Crippen LogP contribution in [0.4, 0.5) is 0 Å². The second-order valence-corrected chi connectivity index (χ2v) is 4.28. The lowest BCUT2D eigenvalue weighted by molar-refractivity contribution is 0.745. The largest absolute Gasteiger partial charge is 0.227 e. The van der Waals surface area contributed by atoms with E-state index in [-0.39, 0.29) is 11.2 Å². The number of nitrogens with zero attached hydrogens (tertiary/aromatic N) is 3. The molecule has 0 radical (unpaired) electrons. The van der Waals surface area contributed by atoms with Gasteiger partial charge in [-0.1, -0.05) is 19.1 Å². The van der Waals surface area contributed by atoms with Crippen molar-refractivity contribution in [3.8, 4) is 6.07 Å². The van der Waals surface area contributed by atoms with Gasteiger partial charge in [0.1, 0.15) is 0 Å². The van der Waals surface area contributed by atoms with Crippen LogP contribution in [0.2, 0.25) is 5.28 Å². The lowest BCUT2D eigenvalue weighted by Crippen LogP contribution is -2.03. The van der Waals surface area contributed by atoms with Gasteiger partial charge in [0.25, 0.3) is 0 Å². The summed E-state index contributed by atoms with van der Waals surface area (Å²) in [6, 6.07) is 11.5. The Bertz CT molecular complexity index is 572. The van der Waals surface area contributed by atoms with Gasteiger partial charge >= 0.3 is 0 Å². The summed E-state index contributed by atoms with van der Waals surface area (Å²) in [5.41, 5.74) is 2.70. The number of aromatic nitrogens is 2. The molecule has 0 aliphatic carbocycles. The van der Waals surface area contributed by atoms with Crippen LogP contribution in [-0.4, -0.2) is 9.97 Å². The molecule has 0 bridgehead atoms. The maximum atomic E-state index is 8.79. The fourth-order valence-electron chi connectivity index (χ4n) is 1.95. The average molecular weight is 258 g/mol. The minimum Gasteiger partial charge on any atom is -0.227 e. The van der Waals surface area contributed by atoms with Gasteiger partial charge in [0.15, 0.2) is 0 Å². The summed E-state index contributed by atoms with van der Waals surface area (Å²) in [5, 5.41) is 9.05. The summed E-state index contributed by atoms with van der Waals surface area (Å²) < 4.78 is 0. The van der Waals surface area contributed by atoms with Crippen LogP contribution in [-0.2, 0) is 0 Å². The zero-order valence-electron chi connectivity index (χ0n) is 9.97. The van der Waals surface area contributed by atoms with E-state index in [0.29, 0.717) is 5.56 Å².